The lowest BCUT2D eigenvalue weighted by atomic mass is 10.0. The van der Waals surface area contributed by atoms with Crippen molar-refractivity contribution in [3.05, 3.63) is 29.8 Å². The molecule has 4 heteroatoms. The molecule has 1 aliphatic heterocycles. The molecule has 0 saturated carbocycles. The van der Waals surface area contributed by atoms with Gasteiger partial charge in [-0.3, -0.25) is 4.90 Å². The second kappa shape index (κ2) is 5.38. The fraction of sp³-hybridized carbons (Fsp3) is 0.500. The Labute approximate surface area is 108 Å². The van der Waals surface area contributed by atoms with Crippen LogP contribution in [-0.2, 0) is 6.54 Å². The van der Waals surface area contributed by atoms with Gasteiger partial charge in [0.1, 0.15) is 17.9 Å². The molecule has 0 bridgehead atoms. The predicted molar refractivity (Wildman–Crippen MR) is 70.0 cm³/mol. The third kappa shape index (κ3) is 3.22. The minimum absolute atomic E-state index is 0.672. The summed E-state index contributed by atoms with van der Waals surface area (Å²) in [7, 11) is 0. The van der Waals surface area contributed by atoms with Gasteiger partial charge in [-0.1, -0.05) is 18.2 Å². The van der Waals surface area contributed by atoms with Gasteiger partial charge in [0.15, 0.2) is 0 Å². The molecule has 0 spiro atoms. The van der Waals surface area contributed by atoms with E-state index in [1.54, 1.807) is 6.92 Å². The van der Waals surface area contributed by atoms with E-state index >= 15 is 0 Å². The Kier molecular flexibility index (Phi) is 3.85. The Morgan fingerprint density at radius 3 is 3.06 bits per heavy atom. The van der Waals surface area contributed by atoms with Crippen molar-refractivity contribution in [1.82, 2.24) is 4.90 Å². The first-order valence-corrected chi connectivity index (χ1v) is 6.24. The van der Waals surface area contributed by atoms with Crippen LogP contribution in [0.15, 0.2) is 24.3 Å². The summed E-state index contributed by atoms with van der Waals surface area (Å²) in [5, 5.41) is 8.92. The van der Waals surface area contributed by atoms with Crippen molar-refractivity contribution in [2.75, 3.05) is 19.7 Å². The summed E-state index contributed by atoms with van der Waals surface area (Å²) in [6.07, 6.45) is 0.672. The Morgan fingerprint density at radius 2 is 2.28 bits per heavy atom. The third-order valence-corrected chi connectivity index (χ3v) is 3.23. The predicted octanol–water partition coefficient (Wildman–Crippen LogP) is 1.51. The van der Waals surface area contributed by atoms with Crippen LogP contribution in [0, 0.1) is 11.3 Å². The second-order valence-electron chi connectivity index (χ2n) is 5.01. The monoisotopic (exact) mass is 245 g/mol. The van der Waals surface area contributed by atoms with E-state index in [1.165, 1.54) is 5.56 Å². The largest absolute Gasteiger partial charge is 0.492 e. The van der Waals surface area contributed by atoms with Crippen LogP contribution in [0.2, 0.25) is 0 Å². The van der Waals surface area contributed by atoms with E-state index in [0.717, 1.165) is 25.4 Å². The van der Waals surface area contributed by atoms with E-state index in [4.69, 9.17) is 15.7 Å². The molecule has 1 unspecified atom stereocenters. The van der Waals surface area contributed by atoms with Gasteiger partial charge in [0.05, 0.1) is 6.07 Å². The molecule has 1 aromatic carbocycles. The van der Waals surface area contributed by atoms with Crippen molar-refractivity contribution in [3.8, 4) is 11.8 Å². The lowest BCUT2D eigenvalue weighted by molar-refractivity contribution is 0.216. The molecule has 96 valence electrons. The van der Waals surface area contributed by atoms with Crippen LogP contribution >= 0.6 is 0 Å². The van der Waals surface area contributed by atoms with Gasteiger partial charge >= 0.3 is 0 Å². The van der Waals surface area contributed by atoms with E-state index < -0.39 is 5.54 Å². The van der Waals surface area contributed by atoms with E-state index in [0.29, 0.717) is 13.0 Å². The first-order chi connectivity index (χ1) is 8.61. The van der Waals surface area contributed by atoms with E-state index in [-0.39, 0.29) is 0 Å². The highest BCUT2D eigenvalue weighted by Crippen LogP contribution is 2.22. The number of hydrogen-bond acceptors (Lipinski definition) is 4. The van der Waals surface area contributed by atoms with Gasteiger partial charge in [-0.2, -0.15) is 5.26 Å². The number of rotatable bonds is 3. The van der Waals surface area contributed by atoms with Crippen LogP contribution < -0.4 is 10.5 Å². The number of hydrogen-bond donors (Lipinski definition) is 1. The highest BCUT2D eigenvalue weighted by atomic mass is 16.5. The summed E-state index contributed by atoms with van der Waals surface area (Å²) in [5.74, 6) is 0.968. The van der Waals surface area contributed by atoms with E-state index in [2.05, 4.69) is 17.0 Å². The molecule has 1 atom stereocenters. The quantitative estimate of drug-likeness (QED) is 0.877. The number of nitrogens with zero attached hydrogens (tertiary/aromatic N) is 2. The average molecular weight is 245 g/mol. The minimum Gasteiger partial charge on any atom is -0.492 e. The van der Waals surface area contributed by atoms with Gasteiger partial charge in [-0.25, -0.2) is 0 Å². The first kappa shape index (κ1) is 12.9. The van der Waals surface area contributed by atoms with Crippen molar-refractivity contribution in [3.63, 3.8) is 0 Å². The maximum absolute atomic E-state index is 8.92. The topological polar surface area (TPSA) is 62.3 Å². The molecule has 0 radical (unpaired) electrons. The van der Waals surface area contributed by atoms with Crippen LogP contribution in [0.25, 0.3) is 0 Å². The van der Waals surface area contributed by atoms with Crippen LogP contribution in [0.5, 0.6) is 5.75 Å². The Morgan fingerprint density at radius 1 is 1.50 bits per heavy atom. The molecular weight excluding hydrogens is 226 g/mol. The first-order valence-electron chi connectivity index (χ1n) is 6.24. The second-order valence-corrected chi connectivity index (χ2v) is 5.01. The van der Waals surface area contributed by atoms with Gasteiger partial charge in [-0.05, 0) is 19.4 Å². The lowest BCUT2D eigenvalue weighted by Crippen LogP contribution is -2.39. The number of nitriles is 1. The van der Waals surface area contributed by atoms with Crippen LogP contribution in [0.4, 0.5) is 0 Å². The number of ether oxygens (including phenoxy) is 1. The SMILES string of the molecule is CC(N)(C#N)CCN1CCOc2ccccc2C1. The molecule has 0 amide bonds. The Bertz CT molecular complexity index is 451. The molecule has 2 rings (SSSR count). The fourth-order valence-electron chi connectivity index (χ4n) is 2.02. The van der Waals surface area contributed by atoms with Gasteiger partial charge in [-0.15, -0.1) is 0 Å². The zero-order chi connectivity index (χ0) is 13.0. The third-order valence-electron chi connectivity index (χ3n) is 3.23. The summed E-state index contributed by atoms with van der Waals surface area (Å²) < 4.78 is 5.70. The average Bonchev–Trinajstić information content (AvgIpc) is 2.58. The fourth-order valence-corrected chi connectivity index (χ4v) is 2.02. The maximum atomic E-state index is 8.92. The van der Waals surface area contributed by atoms with Gasteiger partial charge < -0.3 is 10.5 Å². The number of para-hydroxylation sites is 1. The smallest absolute Gasteiger partial charge is 0.123 e. The van der Waals surface area contributed by atoms with Crippen molar-refractivity contribution < 1.29 is 4.74 Å². The molecule has 0 fully saturated rings. The lowest BCUT2D eigenvalue weighted by Gasteiger charge is -2.23. The van der Waals surface area contributed by atoms with Crippen LogP contribution in [0.3, 0.4) is 0 Å². The molecule has 4 nitrogen and oxygen atoms in total. The van der Waals surface area contributed by atoms with E-state index in [9.17, 15) is 0 Å². The zero-order valence-corrected chi connectivity index (χ0v) is 10.7. The zero-order valence-electron chi connectivity index (χ0n) is 10.7. The van der Waals surface area contributed by atoms with Gasteiger partial charge in [0.2, 0.25) is 0 Å². The van der Waals surface area contributed by atoms with Crippen molar-refractivity contribution in [1.29, 1.82) is 5.26 Å². The Balaban J connectivity index is 1.98. The van der Waals surface area contributed by atoms with Crippen LogP contribution in [-0.4, -0.2) is 30.1 Å². The summed E-state index contributed by atoms with van der Waals surface area (Å²) in [5.41, 5.74) is 6.30. The van der Waals surface area contributed by atoms with Crippen molar-refractivity contribution in [2.45, 2.75) is 25.4 Å². The highest BCUT2D eigenvalue weighted by molar-refractivity contribution is 5.33. The molecule has 0 aliphatic carbocycles. The number of fused-ring (bicyclic) bond motifs is 1. The van der Waals surface area contributed by atoms with Crippen molar-refractivity contribution in [2.24, 2.45) is 5.73 Å². The maximum Gasteiger partial charge on any atom is 0.123 e. The summed E-state index contributed by atoms with van der Waals surface area (Å²) in [6.45, 7) is 5.01. The molecule has 2 N–H and O–H groups in total. The molecule has 0 saturated heterocycles. The van der Waals surface area contributed by atoms with Crippen molar-refractivity contribution >= 4 is 0 Å². The normalized spacial score (nSPS) is 18.9. The number of nitrogens with two attached hydrogens (primary N) is 1. The molecule has 1 heterocycles. The van der Waals surface area contributed by atoms with Gasteiger partial charge in [0.25, 0.3) is 0 Å². The summed E-state index contributed by atoms with van der Waals surface area (Å²) in [6, 6.07) is 10.2. The number of benzene rings is 1. The summed E-state index contributed by atoms with van der Waals surface area (Å²) in [4.78, 5) is 2.29. The molecule has 1 aromatic rings. The minimum atomic E-state index is -0.743. The highest BCUT2D eigenvalue weighted by Gasteiger charge is 2.20. The van der Waals surface area contributed by atoms with Crippen LogP contribution in [0.1, 0.15) is 18.9 Å². The molecule has 18 heavy (non-hydrogen) atoms. The molecule has 1 aliphatic rings. The standard InChI is InChI=1S/C14H19N3O/c1-14(16,11-15)6-7-17-8-9-18-13-5-3-2-4-12(13)10-17/h2-5H,6-10,16H2,1H3. The van der Waals surface area contributed by atoms with E-state index in [1.807, 2.05) is 18.2 Å². The summed E-state index contributed by atoms with van der Waals surface area (Å²) >= 11 is 0. The van der Waals surface area contributed by atoms with Gasteiger partial charge in [0, 0.05) is 25.2 Å². The molecule has 0 aromatic heterocycles. The Hall–Kier alpha value is -1.57. The molecular formula is C14H19N3O.